The summed E-state index contributed by atoms with van der Waals surface area (Å²) in [6.07, 6.45) is 0.0775. The summed E-state index contributed by atoms with van der Waals surface area (Å²) in [5.74, 6) is -0.797. The van der Waals surface area contributed by atoms with E-state index in [0.717, 1.165) is 21.4 Å². The van der Waals surface area contributed by atoms with Crippen molar-refractivity contribution in [1.82, 2.24) is 4.57 Å². The van der Waals surface area contributed by atoms with E-state index in [1.54, 1.807) is 0 Å². The molecule has 0 amide bonds. The van der Waals surface area contributed by atoms with Crippen molar-refractivity contribution in [3.05, 3.63) is 21.4 Å². The summed E-state index contributed by atoms with van der Waals surface area (Å²) in [7, 11) is 1.93. The Bertz CT molecular complexity index is 329. The third-order valence-electron chi connectivity index (χ3n) is 2.35. The molecule has 1 heterocycles. The molecule has 0 bridgehead atoms. The average Bonchev–Trinajstić information content (AvgIpc) is 2.22. The average molecular weight is 246 g/mol. The van der Waals surface area contributed by atoms with Gasteiger partial charge in [-0.05, 0) is 35.3 Å². The topological polar surface area (TPSA) is 42.2 Å². The lowest BCUT2D eigenvalue weighted by Crippen LogP contribution is -2.02. The first-order valence-corrected chi connectivity index (χ1v) is 4.76. The molecule has 1 aromatic heterocycles. The van der Waals surface area contributed by atoms with E-state index < -0.39 is 5.97 Å². The first kappa shape index (κ1) is 10.3. The minimum absolute atomic E-state index is 0.0775. The van der Waals surface area contributed by atoms with Crippen molar-refractivity contribution >= 4 is 21.9 Å². The molecule has 0 aliphatic heterocycles. The molecule has 1 rings (SSSR count). The van der Waals surface area contributed by atoms with Crippen molar-refractivity contribution < 1.29 is 9.90 Å². The van der Waals surface area contributed by atoms with E-state index in [-0.39, 0.29) is 6.42 Å². The quantitative estimate of drug-likeness (QED) is 0.867. The number of aliphatic carboxylic acids is 1. The van der Waals surface area contributed by atoms with Gasteiger partial charge in [0.2, 0.25) is 0 Å². The number of carboxylic acids is 1. The number of rotatable bonds is 2. The second-order valence-corrected chi connectivity index (χ2v) is 3.89. The second kappa shape index (κ2) is 3.54. The van der Waals surface area contributed by atoms with Crippen LogP contribution >= 0.6 is 15.9 Å². The molecule has 0 saturated heterocycles. The highest BCUT2D eigenvalue weighted by molar-refractivity contribution is 9.10. The molecule has 0 fully saturated rings. The first-order chi connectivity index (χ1) is 5.95. The number of hydrogen-bond donors (Lipinski definition) is 1. The SMILES string of the molecule is Cc1c(Br)c(CC(=O)O)c(C)n1C. The molecule has 0 aromatic carbocycles. The van der Waals surface area contributed by atoms with Gasteiger partial charge >= 0.3 is 5.97 Å². The fraction of sp³-hybridized carbons (Fsp3) is 0.444. The van der Waals surface area contributed by atoms with Crippen LogP contribution in [0.3, 0.4) is 0 Å². The van der Waals surface area contributed by atoms with Crippen molar-refractivity contribution in [3.63, 3.8) is 0 Å². The van der Waals surface area contributed by atoms with Gasteiger partial charge in [-0.3, -0.25) is 4.79 Å². The van der Waals surface area contributed by atoms with Crippen molar-refractivity contribution in [3.8, 4) is 0 Å². The fourth-order valence-electron chi connectivity index (χ4n) is 1.34. The molecule has 1 N–H and O–H groups in total. The lowest BCUT2D eigenvalue weighted by Gasteiger charge is -1.99. The highest BCUT2D eigenvalue weighted by Gasteiger charge is 2.15. The van der Waals surface area contributed by atoms with Crippen LogP contribution in [0.5, 0.6) is 0 Å². The van der Waals surface area contributed by atoms with Gasteiger partial charge < -0.3 is 9.67 Å². The number of hydrogen-bond acceptors (Lipinski definition) is 1. The number of nitrogens with zero attached hydrogens (tertiary/aromatic N) is 1. The third-order valence-corrected chi connectivity index (χ3v) is 3.41. The van der Waals surface area contributed by atoms with Gasteiger partial charge in [-0.15, -0.1) is 0 Å². The van der Waals surface area contributed by atoms with Crippen LogP contribution < -0.4 is 0 Å². The molecular weight excluding hydrogens is 234 g/mol. The monoisotopic (exact) mass is 245 g/mol. The maximum Gasteiger partial charge on any atom is 0.307 e. The van der Waals surface area contributed by atoms with Gasteiger partial charge in [-0.1, -0.05) is 0 Å². The van der Waals surface area contributed by atoms with Crippen LogP contribution in [-0.4, -0.2) is 15.6 Å². The third kappa shape index (κ3) is 1.77. The molecule has 3 nitrogen and oxygen atoms in total. The minimum Gasteiger partial charge on any atom is -0.481 e. The Hall–Kier alpha value is -0.770. The number of aromatic nitrogens is 1. The molecule has 0 spiro atoms. The standard InChI is InChI=1S/C9H12BrNO2/c1-5-7(4-8(12)13)9(10)6(2)11(5)3/h4H2,1-3H3,(H,12,13). The predicted octanol–water partition coefficient (Wildman–Crippen LogP) is 2.03. The van der Waals surface area contributed by atoms with Gasteiger partial charge in [0.1, 0.15) is 0 Å². The van der Waals surface area contributed by atoms with E-state index in [1.807, 2.05) is 25.5 Å². The molecule has 0 radical (unpaired) electrons. The summed E-state index contributed by atoms with van der Waals surface area (Å²) in [5.41, 5.74) is 2.94. The summed E-state index contributed by atoms with van der Waals surface area (Å²) >= 11 is 3.40. The molecule has 72 valence electrons. The number of halogens is 1. The zero-order valence-electron chi connectivity index (χ0n) is 7.89. The number of carbonyl (C=O) groups is 1. The summed E-state index contributed by atoms with van der Waals surface area (Å²) in [4.78, 5) is 10.6. The van der Waals surface area contributed by atoms with E-state index in [9.17, 15) is 4.79 Å². The van der Waals surface area contributed by atoms with Crippen molar-refractivity contribution in [2.75, 3.05) is 0 Å². The Kier molecular flexibility index (Phi) is 2.81. The van der Waals surface area contributed by atoms with Crippen LogP contribution in [-0.2, 0) is 18.3 Å². The maximum absolute atomic E-state index is 10.6. The van der Waals surface area contributed by atoms with E-state index in [4.69, 9.17) is 5.11 Å². The van der Waals surface area contributed by atoms with Gasteiger partial charge in [0, 0.05) is 22.9 Å². The lowest BCUT2D eigenvalue weighted by atomic mass is 10.2. The van der Waals surface area contributed by atoms with Crippen LogP contribution in [0.4, 0.5) is 0 Å². The van der Waals surface area contributed by atoms with Gasteiger partial charge in [0.25, 0.3) is 0 Å². The molecular formula is C9H12BrNO2. The fourth-order valence-corrected chi connectivity index (χ4v) is 2.03. The van der Waals surface area contributed by atoms with Crippen LogP contribution in [0.1, 0.15) is 17.0 Å². The largest absolute Gasteiger partial charge is 0.481 e. The van der Waals surface area contributed by atoms with Gasteiger partial charge in [0.15, 0.2) is 0 Å². The molecule has 0 saturated carbocycles. The zero-order valence-corrected chi connectivity index (χ0v) is 9.47. The van der Waals surface area contributed by atoms with Crippen LogP contribution in [0.25, 0.3) is 0 Å². The minimum atomic E-state index is -0.797. The van der Waals surface area contributed by atoms with Crippen LogP contribution in [0.15, 0.2) is 4.47 Å². The Morgan fingerprint density at radius 3 is 2.31 bits per heavy atom. The molecule has 4 heteroatoms. The Balaban J connectivity index is 3.21. The lowest BCUT2D eigenvalue weighted by molar-refractivity contribution is -0.136. The summed E-state index contributed by atoms with van der Waals surface area (Å²) < 4.78 is 2.90. The smallest absolute Gasteiger partial charge is 0.307 e. The van der Waals surface area contributed by atoms with Crippen molar-refractivity contribution in [2.24, 2.45) is 7.05 Å². The van der Waals surface area contributed by atoms with Crippen molar-refractivity contribution in [2.45, 2.75) is 20.3 Å². The predicted molar refractivity (Wildman–Crippen MR) is 53.9 cm³/mol. The van der Waals surface area contributed by atoms with E-state index in [2.05, 4.69) is 15.9 Å². The number of carboxylic acid groups (broad SMARTS) is 1. The summed E-state index contributed by atoms with van der Waals surface area (Å²) in [6.45, 7) is 3.89. The highest BCUT2D eigenvalue weighted by Crippen LogP contribution is 2.27. The van der Waals surface area contributed by atoms with E-state index in [1.165, 1.54) is 0 Å². The molecule has 1 aromatic rings. The Labute approximate surface area is 85.5 Å². The molecule has 0 unspecified atom stereocenters. The van der Waals surface area contributed by atoms with Crippen LogP contribution in [0, 0.1) is 13.8 Å². The highest BCUT2D eigenvalue weighted by atomic mass is 79.9. The molecule has 0 atom stereocenters. The normalized spacial score (nSPS) is 10.5. The van der Waals surface area contributed by atoms with Crippen molar-refractivity contribution in [1.29, 1.82) is 0 Å². The van der Waals surface area contributed by atoms with Gasteiger partial charge in [0.05, 0.1) is 6.42 Å². The second-order valence-electron chi connectivity index (χ2n) is 3.09. The van der Waals surface area contributed by atoms with Gasteiger partial charge in [-0.25, -0.2) is 0 Å². The molecule has 0 aliphatic rings. The summed E-state index contributed by atoms with van der Waals surface area (Å²) in [5, 5.41) is 8.69. The van der Waals surface area contributed by atoms with E-state index in [0.29, 0.717) is 0 Å². The molecule has 13 heavy (non-hydrogen) atoms. The maximum atomic E-state index is 10.6. The van der Waals surface area contributed by atoms with Gasteiger partial charge in [-0.2, -0.15) is 0 Å². The molecule has 0 aliphatic carbocycles. The Morgan fingerprint density at radius 1 is 1.46 bits per heavy atom. The summed E-state index contributed by atoms with van der Waals surface area (Å²) in [6, 6.07) is 0. The van der Waals surface area contributed by atoms with Crippen LogP contribution in [0.2, 0.25) is 0 Å². The Morgan fingerprint density at radius 2 is 2.00 bits per heavy atom. The first-order valence-electron chi connectivity index (χ1n) is 3.97. The van der Waals surface area contributed by atoms with E-state index >= 15 is 0 Å². The zero-order chi connectivity index (χ0) is 10.2.